The molecule has 1 unspecified atom stereocenters. The molecule has 1 N–H and O–H groups in total. The number of hydrogen-bond donors (Lipinski definition) is 1. The van der Waals surface area contributed by atoms with Gasteiger partial charge in [-0.2, -0.15) is 0 Å². The molecule has 2 rings (SSSR count). The predicted octanol–water partition coefficient (Wildman–Crippen LogP) is 4.69. The molecular weight excluding hydrogens is 245 g/mol. The zero-order valence-electron chi connectivity index (χ0n) is 10.7. The molecule has 0 saturated heterocycles. The van der Waals surface area contributed by atoms with Gasteiger partial charge in [-0.15, -0.1) is 11.3 Å². The number of thiophene rings is 1. The third-order valence-electron chi connectivity index (χ3n) is 3.09. The predicted molar refractivity (Wildman–Crippen MR) is 75.3 cm³/mol. The maximum absolute atomic E-state index is 13.2. The molecule has 0 saturated carbocycles. The van der Waals surface area contributed by atoms with Crippen molar-refractivity contribution in [3.8, 4) is 0 Å². The minimum absolute atomic E-state index is 0.146. The fourth-order valence-electron chi connectivity index (χ4n) is 2.06. The molecule has 96 valence electrons. The van der Waals surface area contributed by atoms with Crippen LogP contribution >= 0.6 is 11.3 Å². The molecule has 1 nitrogen and oxygen atoms in total. The van der Waals surface area contributed by atoms with Crippen LogP contribution in [-0.4, -0.2) is 0 Å². The van der Waals surface area contributed by atoms with Crippen LogP contribution < -0.4 is 5.32 Å². The topological polar surface area (TPSA) is 12.0 Å². The van der Waals surface area contributed by atoms with Gasteiger partial charge in [0.05, 0.1) is 0 Å². The molecule has 0 bridgehead atoms. The number of benzene rings is 1. The van der Waals surface area contributed by atoms with E-state index in [-0.39, 0.29) is 11.9 Å². The van der Waals surface area contributed by atoms with Crippen molar-refractivity contribution in [3.05, 3.63) is 58.0 Å². The van der Waals surface area contributed by atoms with Gasteiger partial charge < -0.3 is 5.32 Å². The van der Waals surface area contributed by atoms with Gasteiger partial charge in [-0.3, -0.25) is 0 Å². The van der Waals surface area contributed by atoms with E-state index >= 15 is 0 Å². The molecule has 0 fully saturated rings. The lowest BCUT2D eigenvalue weighted by molar-refractivity contribution is 0.460. The standard InChI is InChI=1S/C15H18FNS/c1-3-14(15-8-5-9-18-15)17-11(2)12-6-4-7-13(16)10-12/h4-11,14,17H,3H2,1-2H3/t11-,14?/m1/s1. The van der Waals surface area contributed by atoms with Gasteiger partial charge in [0.15, 0.2) is 0 Å². The molecule has 0 aliphatic rings. The van der Waals surface area contributed by atoms with E-state index in [9.17, 15) is 4.39 Å². The van der Waals surface area contributed by atoms with Crippen molar-refractivity contribution in [1.82, 2.24) is 5.32 Å². The SMILES string of the molecule is CCC(N[C@H](C)c1cccc(F)c1)c1cccs1. The quantitative estimate of drug-likeness (QED) is 0.825. The molecule has 2 aromatic rings. The second-order valence-corrected chi connectivity index (χ2v) is 5.40. The molecule has 0 aliphatic carbocycles. The van der Waals surface area contributed by atoms with E-state index in [2.05, 4.69) is 36.7 Å². The van der Waals surface area contributed by atoms with Crippen LogP contribution in [0.15, 0.2) is 41.8 Å². The first-order valence-corrected chi connectivity index (χ1v) is 7.13. The lowest BCUT2D eigenvalue weighted by Gasteiger charge is -2.21. The average molecular weight is 263 g/mol. The van der Waals surface area contributed by atoms with E-state index < -0.39 is 0 Å². The molecular formula is C15H18FNS. The van der Waals surface area contributed by atoms with Gasteiger partial charge >= 0.3 is 0 Å². The van der Waals surface area contributed by atoms with Crippen molar-refractivity contribution in [2.24, 2.45) is 0 Å². The third-order valence-corrected chi connectivity index (χ3v) is 4.08. The Morgan fingerprint density at radius 1 is 1.28 bits per heavy atom. The summed E-state index contributed by atoms with van der Waals surface area (Å²) in [7, 11) is 0. The van der Waals surface area contributed by atoms with Gasteiger partial charge in [0.2, 0.25) is 0 Å². The fourth-order valence-corrected chi connectivity index (χ4v) is 2.94. The lowest BCUT2D eigenvalue weighted by Crippen LogP contribution is -2.23. The highest BCUT2D eigenvalue weighted by atomic mass is 32.1. The highest BCUT2D eigenvalue weighted by molar-refractivity contribution is 7.10. The first kappa shape index (κ1) is 13.2. The van der Waals surface area contributed by atoms with Crippen LogP contribution in [0.25, 0.3) is 0 Å². The normalized spacial score (nSPS) is 14.4. The molecule has 1 heterocycles. The number of rotatable bonds is 5. The van der Waals surface area contributed by atoms with Crippen molar-refractivity contribution in [2.45, 2.75) is 32.4 Å². The summed E-state index contributed by atoms with van der Waals surface area (Å²) < 4.78 is 13.2. The van der Waals surface area contributed by atoms with Crippen molar-refractivity contribution < 1.29 is 4.39 Å². The number of nitrogens with one attached hydrogen (secondary N) is 1. The molecule has 18 heavy (non-hydrogen) atoms. The third kappa shape index (κ3) is 3.18. The van der Waals surface area contributed by atoms with Gasteiger partial charge in [-0.25, -0.2) is 4.39 Å². The van der Waals surface area contributed by atoms with E-state index in [0.29, 0.717) is 6.04 Å². The Kier molecular flexibility index (Phi) is 4.50. The number of hydrogen-bond acceptors (Lipinski definition) is 2. The van der Waals surface area contributed by atoms with Crippen LogP contribution in [0.4, 0.5) is 4.39 Å². The summed E-state index contributed by atoms with van der Waals surface area (Å²) in [6.07, 6.45) is 1.03. The van der Waals surface area contributed by atoms with E-state index in [1.807, 2.05) is 6.07 Å². The van der Waals surface area contributed by atoms with Crippen LogP contribution in [0.2, 0.25) is 0 Å². The fraction of sp³-hybridized carbons (Fsp3) is 0.333. The average Bonchev–Trinajstić information content (AvgIpc) is 2.89. The van der Waals surface area contributed by atoms with E-state index in [1.165, 1.54) is 10.9 Å². The zero-order valence-corrected chi connectivity index (χ0v) is 11.5. The molecule has 1 aromatic carbocycles. The first-order valence-electron chi connectivity index (χ1n) is 6.25. The van der Waals surface area contributed by atoms with Crippen LogP contribution in [0.3, 0.4) is 0 Å². The van der Waals surface area contributed by atoms with Crippen molar-refractivity contribution in [1.29, 1.82) is 0 Å². The van der Waals surface area contributed by atoms with Crippen molar-refractivity contribution in [2.75, 3.05) is 0 Å². The summed E-state index contributed by atoms with van der Waals surface area (Å²) >= 11 is 1.76. The molecule has 2 atom stereocenters. The highest BCUT2D eigenvalue weighted by Crippen LogP contribution is 2.25. The van der Waals surface area contributed by atoms with Gasteiger partial charge in [0.1, 0.15) is 5.82 Å². The van der Waals surface area contributed by atoms with Gasteiger partial charge in [0.25, 0.3) is 0 Å². The van der Waals surface area contributed by atoms with Crippen LogP contribution in [0.1, 0.15) is 42.8 Å². The lowest BCUT2D eigenvalue weighted by atomic mass is 10.1. The molecule has 0 radical (unpaired) electrons. The van der Waals surface area contributed by atoms with Crippen LogP contribution in [0, 0.1) is 5.82 Å². The summed E-state index contributed by atoms with van der Waals surface area (Å²) in [5, 5.41) is 5.65. The van der Waals surface area contributed by atoms with Crippen molar-refractivity contribution >= 4 is 11.3 Å². The second kappa shape index (κ2) is 6.12. The first-order chi connectivity index (χ1) is 8.70. The molecule has 0 aliphatic heterocycles. The smallest absolute Gasteiger partial charge is 0.123 e. The Balaban J connectivity index is 2.08. The molecule has 3 heteroatoms. The van der Waals surface area contributed by atoms with E-state index in [1.54, 1.807) is 23.5 Å². The highest BCUT2D eigenvalue weighted by Gasteiger charge is 2.14. The van der Waals surface area contributed by atoms with Gasteiger partial charge in [0, 0.05) is 17.0 Å². The second-order valence-electron chi connectivity index (χ2n) is 4.42. The van der Waals surface area contributed by atoms with Crippen LogP contribution in [-0.2, 0) is 0 Å². The molecule has 1 aromatic heterocycles. The minimum Gasteiger partial charge on any atom is -0.303 e. The van der Waals surface area contributed by atoms with Gasteiger partial charge in [-0.05, 0) is 42.5 Å². The summed E-state index contributed by atoms with van der Waals surface area (Å²) in [6.45, 7) is 4.24. The minimum atomic E-state index is -0.176. The maximum Gasteiger partial charge on any atom is 0.123 e. The van der Waals surface area contributed by atoms with Crippen LogP contribution in [0.5, 0.6) is 0 Å². The maximum atomic E-state index is 13.2. The Morgan fingerprint density at radius 3 is 2.72 bits per heavy atom. The molecule has 0 amide bonds. The number of halogens is 1. The van der Waals surface area contributed by atoms with E-state index in [0.717, 1.165) is 12.0 Å². The Hall–Kier alpha value is -1.19. The van der Waals surface area contributed by atoms with Crippen molar-refractivity contribution in [3.63, 3.8) is 0 Å². The largest absolute Gasteiger partial charge is 0.303 e. The summed E-state index contributed by atoms with van der Waals surface area (Å²) in [5.74, 6) is -0.176. The Bertz CT molecular complexity index is 481. The monoisotopic (exact) mass is 263 g/mol. The summed E-state index contributed by atoms with van der Waals surface area (Å²) in [5.41, 5.74) is 0.991. The summed E-state index contributed by atoms with van der Waals surface area (Å²) in [6, 6.07) is 11.5. The zero-order chi connectivity index (χ0) is 13.0. The van der Waals surface area contributed by atoms with Gasteiger partial charge in [-0.1, -0.05) is 25.1 Å². The Morgan fingerprint density at radius 2 is 2.11 bits per heavy atom. The molecule has 0 spiro atoms. The summed E-state index contributed by atoms with van der Waals surface area (Å²) in [4.78, 5) is 1.33. The Labute approximate surface area is 112 Å². The van der Waals surface area contributed by atoms with E-state index in [4.69, 9.17) is 0 Å².